The number of carbonyl (C=O) groups excluding carboxylic acids is 1. The van der Waals surface area contributed by atoms with Crippen molar-refractivity contribution >= 4 is 5.91 Å². The van der Waals surface area contributed by atoms with Crippen molar-refractivity contribution in [2.75, 3.05) is 32.7 Å². The van der Waals surface area contributed by atoms with Gasteiger partial charge in [0.15, 0.2) is 0 Å². The van der Waals surface area contributed by atoms with Crippen LogP contribution in [0.4, 0.5) is 0 Å². The first-order chi connectivity index (χ1) is 8.54. The van der Waals surface area contributed by atoms with E-state index < -0.39 is 6.10 Å². The molecular formula is C14H26N2O2. The molecule has 0 aromatic heterocycles. The lowest BCUT2D eigenvalue weighted by Gasteiger charge is -2.36. The Morgan fingerprint density at radius 1 is 1.28 bits per heavy atom. The number of amides is 1. The molecular weight excluding hydrogens is 228 g/mol. The van der Waals surface area contributed by atoms with Crippen molar-refractivity contribution in [3.05, 3.63) is 0 Å². The van der Waals surface area contributed by atoms with E-state index in [1.807, 2.05) is 4.90 Å². The Morgan fingerprint density at radius 2 is 1.94 bits per heavy atom. The number of aliphatic hydroxyl groups is 1. The number of rotatable bonds is 4. The fourth-order valence-corrected chi connectivity index (χ4v) is 3.45. The molecule has 0 spiro atoms. The van der Waals surface area contributed by atoms with Crippen molar-refractivity contribution in [2.45, 2.75) is 39.2 Å². The van der Waals surface area contributed by atoms with E-state index in [-0.39, 0.29) is 5.91 Å². The van der Waals surface area contributed by atoms with Crippen LogP contribution >= 0.6 is 0 Å². The molecule has 4 heteroatoms. The number of hydrogen-bond donors (Lipinski definition) is 1. The second-order valence-electron chi connectivity index (χ2n) is 6.26. The normalized spacial score (nSPS) is 31.9. The van der Waals surface area contributed by atoms with Crippen molar-refractivity contribution in [2.24, 2.45) is 11.8 Å². The summed E-state index contributed by atoms with van der Waals surface area (Å²) in [6, 6.07) is 0. The fraction of sp³-hybridized carbons (Fsp3) is 0.929. The Morgan fingerprint density at radius 3 is 2.50 bits per heavy atom. The summed E-state index contributed by atoms with van der Waals surface area (Å²) < 4.78 is 0. The number of β-amino-alcohol motifs (C(OH)–C–C–N with tert-alkyl or cyclic N) is 1. The van der Waals surface area contributed by atoms with Crippen LogP contribution in [0.25, 0.3) is 0 Å². The van der Waals surface area contributed by atoms with Crippen LogP contribution in [-0.4, -0.2) is 59.6 Å². The summed E-state index contributed by atoms with van der Waals surface area (Å²) in [5.74, 6) is 1.64. The van der Waals surface area contributed by atoms with Crippen molar-refractivity contribution in [1.29, 1.82) is 0 Å². The second-order valence-corrected chi connectivity index (χ2v) is 6.26. The largest absolute Gasteiger partial charge is 0.390 e. The van der Waals surface area contributed by atoms with Crippen molar-refractivity contribution in [3.63, 3.8) is 0 Å². The molecule has 2 saturated heterocycles. The number of hydrogen-bond acceptors (Lipinski definition) is 3. The van der Waals surface area contributed by atoms with Crippen LogP contribution in [0.2, 0.25) is 0 Å². The third-order valence-electron chi connectivity index (χ3n) is 4.02. The standard InChI is InChI=1S/C14H26N2O2/c1-11-6-12(2)8-15(7-11)9-13(17)10-16-5-3-4-14(16)18/h11-13,17H,3-10H2,1-2H3. The Hall–Kier alpha value is -0.610. The van der Waals surface area contributed by atoms with Gasteiger partial charge in [-0.2, -0.15) is 0 Å². The van der Waals surface area contributed by atoms with Crippen LogP contribution in [0.3, 0.4) is 0 Å². The van der Waals surface area contributed by atoms with Crippen LogP contribution in [0.5, 0.6) is 0 Å². The average Bonchev–Trinajstić information content (AvgIpc) is 2.62. The zero-order valence-corrected chi connectivity index (χ0v) is 11.6. The van der Waals surface area contributed by atoms with Crippen molar-refractivity contribution < 1.29 is 9.90 Å². The highest BCUT2D eigenvalue weighted by Gasteiger charge is 2.26. The van der Waals surface area contributed by atoms with Gasteiger partial charge >= 0.3 is 0 Å². The highest BCUT2D eigenvalue weighted by Crippen LogP contribution is 2.21. The molecule has 1 amide bonds. The summed E-state index contributed by atoms with van der Waals surface area (Å²) in [4.78, 5) is 15.7. The number of aliphatic hydroxyl groups excluding tert-OH is 1. The number of carbonyl (C=O) groups is 1. The van der Waals surface area contributed by atoms with Gasteiger partial charge < -0.3 is 14.9 Å². The van der Waals surface area contributed by atoms with Gasteiger partial charge in [-0.1, -0.05) is 13.8 Å². The minimum Gasteiger partial charge on any atom is -0.390 e. The van der Waals surface area contributed by atoms with E-state index in [9.17, 15) is 9.90 Å². The fourth-order valence-electron chi connectivity index (χ4n) is 3.45. The summed E-state index contributed by atoms with van der Waals surface area (Å²) in [5.41, 5.74) is 0. The molecule has 3 atom stereocenters. The van der Waals surface area contributed by atoms with E-state index in [0.29, 0.717) is 19.5 Å². The molecule has 0 saturated carbocycles. The summed E-state index contributed by atoms with van der Waals surface area (Å²) in [7, 11) is 0. The van der Waals surface area contributed by atoms with Crippen LogP contribution in [0.15, 0.2) is 0 Å². The molecule has 0 aromatic carbocycles. The first-order valence-corrected chi connectivity index (χ1v) is 7.22. The van der Waals surface area contributed by atoms with Gasteiger partial charge in [0, 0.05) is 39.1 Å². The monoisotopic (exact) mass is 254 g/mol. The lowest BCUT2D eigenvalue weighted by molar-refractivity contribution is -0.129. The summed E-state index contributed by atoms with van der Waals surface area (Å²) in [5, 5.41) is 10.1. The van der Waals surface area contributed by atoms with Gasteiger partial charge in [0.25, 0.3) is 0 Å². The van der Waals surface area contributed by atoms with Gasteiger partial charge in [0.2, 0.25) is 5.91 Å². The Bertz CT molecular complexity index is 286. The topological polar surface area (TPSA) is 43.8 Å². The first kappa shape index (κ1) is 13.8. The molecule has 4 nitrogen and oxygen atoms in total. The molecule has 0 bridgehead atoms. The van der Waals surface area contributed by atoms with Crippen molar-refractivity contribution in [1.82, 2.24) is 9.80 Å². The molecule has 2 fully saturated rings. The van der Waals surface area contributed by atoms with Crippen LogP contribution in [0.1, 0.15) is 33.1 Å². The van der Waals surface area contributed by atoms with E-state index in [2.05, 4.69) is 18.7 Å². The van der Waals surface area contributed by atoms with E-state index in [1.54, 1.807) is 0 Å². The molecule has 2 aliphatic rings. The van der Waals surface area contributed by atoms with E-state index >= 15 is 0 Å². The third kappa shape index (κ3) is 3.69. The molecule has 104 valence electrons. The highest BCUT2D eigenvalue weighted by atomic mass is 16.3. The maximum atomic E-state index is 11.5. The van der Waals surface area contributed by atoms with Gasteiger partial charge in [-0.25, -0.2) is 0 Å². The lowest BCUT2D eigenvalue weighted by atomic mass is 9.92. The zero-order chi connectivity index (χ0) is 13.1. The molecule has 2 rings (SSSR count). The predicted octanol–water partition coefficient (Wildman–Crippen LogP) is 0.948. The maximum Gasteiger partial charge on any atom is 0.222 e. The van der Waals surface area contributed by atoms with E-state index in [0.717, 1.165) is 37.9 Å². The minimum absolute atomic E-state index is 0.203. The van der Waals surface area contributed by atoms with Gasteiger partial charge in [0.05, 0.1) is 6.10 Å². The maximum absolute atomic E-state index is 11.5. The molecule has 3 unspecified atom stereocenters. The van der Waals surface area contributed by atoms with Gasteiger partial charge in [-0.05, 0) is 24.7 Å². The second kappa shape index (κ2) is 6.02. The van der Waals surface area contributed by atoms with Crippen LogP contribution in [0, 0.1) is 11.8 Å². The Labute approximate surface area is 110 Å². The molecule has 0 aromatic rings. The Kier molecular flexibility index (Phi) is 4.62. The Balaban J connectivity index is 1.76. The average molecular weight is 254 g/mol. The number of piperidine rings is 1. The summed E-state index contributed by atoms with van der Waals surface area (Å²) in [6.07, 6.45) is 2.50. The molecule has 2 heterocycles. The predicted molar refractivity (Wildman–Crippen MR) is 71.2 cm³/mol. The number of likely N-dealkylation sites (tertiary alicyclic amines) is 2. The SMILES string of the molecule is CC1CC(C)CN(CC(O)CN2CCCC2=O)C1. The summed E-state index contributed by atoms with van der Waals surface area (Å²) in [6.45, 7) is 8.75. The lowest BCUT2D eigenvalue weighted by Crippen LogP contribution is -2.45. The van der Waals surface area contributed by atoms with Crippen LogP contribution in [-0.2, 0) is 4.79 Å². The van der Waals surface area contributed by atoms with Gasteiger partial charge in [0.1, 0.15) is 0 Å². The van der Waals surface area contributed by atoms with E-state index in [4.69, 9.17) is 0 Å². The van der Waals surface area contributed by atoms with Gasteiger partial charge in [-0.15, -0.1) is 0 Å². The first-order valence-electron chi connectivity index (χ1n) is 7.22. The zero-order valence-electron chi connectivity index (χ0n) is 11.6. The molecule has 18 heavy (non-hydrogen) atoms. The van der Waals surface area contributed by atoms with Crippen molar-refractivity contribution in [3.8, 4) is 0 Å². The summed E-state index contributed by atoms with van der Waals surface area (Å²) >= 11 is 0. The molecule has 0 aliphatic carbocycles. The minimum atomic E-state index is -0.399. The molecule has 2 aliphatic heterocycles. The third-order valence-corrected chi connectivity index (χ3v) is 4.02. The quantitative estimate of drug-likeness (QED) is 0.812. The highest BCUT2D eigenvalue weighted by molar-refractivity contribution is 5.78. The van der Waals surface area contributed by atoms with Gasteiger partial charge in [-0.3, -0.25) is 4.79 Å². The van der Waals surface area contributed by atoms with E-state index in [1.165, 1.54) is 6.42 Å². The number of nitrogens with zero attached hydrogens (tertiary/aromatic N) is 2. The smallest absolute Gasteiger partial charge is 0.222 e. The van der Waals surface area contributed by atoms with Crippen LogP contribution < -0.4 is 0 Å². The molecule has 0 radical (unpaired) electrons. The molecule has 1 N–H and O–H groups in total.